The van der Waals surface area contributed by atoms with Crippen molar-refractivity contribution in [1.82, 2.24) is 4.98 Å². The highest BCUT2D eigenvalue weighted by Crippen LogP contribution is 2.27. The summed E-state index contributed by atoms with van der Waals surface area (Å²) >= 11 is 7.71. The topological polar surface area (TPSA) is 45.2 Å². The number of halogens is 1. The van der Waals surface area contributed by atoms with Gasteiger partial charge in [0.1, 0.15) is 0 Å². The van der Waals surface area contributed by atoms with Crippen molar-refractivity contribution in [2.75, 3.05) is 24.3 Å². The Labute approximate surface area is 127 Å². The zero-order valence-corrected chi connectivity index (χ0v) is 13.2. The van der Waals surface area contributed by atoms with Crippen molar-refractivity contribution in [1.29, 1.82) is 0 Å². The summed E-state index contributed by atoms with van der Waals surface area (Å²) in [5.41, 5.74) is 2.40. The van der Waals surface area contributed by atoms with Gasteiger partial charge in [-0.05, 0) is 25.1 Å². The van der Waals surface area contributed by atoms with Crippen LogP contribution in [0.25, 0.3) is 0 Å². The lowest BCUT2D eigenvalue weighted by atomic mass is 10.2. The molecule has 0 saturated carbocycles. The predicted octanol–water partition coefficient (Wildman–Crippen LogP) is 3.35. The van der Waals surface area contributed by atoms with E-state index < -0.39 is 0 Å². The third-order valence-electron chi connectivity index (χ3n) is 2.72. The fourth-order valence-electron chi connectivity index (χ4n) is 1.81. The number of hydrogen-bond acceptors (Lipinski definition) is 4. The average molecular weight is 310 g/mol. The van der Waals surface area contributed by atoms with E-state index >= 15 is 0 Å². The van der Waals surface area contributed by atoms with Crippen LogP contribution in [0.1, 0.15) is 10.7 Å². The molecule has 2 aromatic rings. The molecule has 0 spiro atoms. The third-order valence-corrected chi connectivity index (χ3v) is 3.85. The Bertz CT molecular complexity index is 625. The largest absolute Gasteiger partial charge is 0.376 e. The number of aryl methyl sites for hydroxylation is 1. The first-order valence-electron chi connectivity index (χ1n) is 6.13. The van der Waals surface area contributed by atoms with Crippen LogP contribution in [0.15, 0.2) is 23.6 Å². The van der Waals surface area contributed by atoms with Crippen molar-refractivity contribution in [3.63, 3.8) is 0 Å². The molecule has 106 valence electrons. The van der Waals surface area contributed by atoms with Gasteiger partial charge in [-0.15, -0.1) is 11.3 Å². The highest BCUT2D eigenvalue weighted by molar-refractivity contribution is 7.09. The van der Waals surface area contributed by atoms with E-state index in [1.54, 1.807) is 17.4 Å². The fraction of sp³-hybridized carbons (Fsp3) is 0.286. The summed E-state index contributed by atoms with van der Waals surface area (Å²) in [5.74, 6) is -0.0935. The van der Waals surface area contributed by atoms with E-state index in [9.17, 15) is 4.79 Å². The van der Waals surface area contributed by atoms with Gasteiger partial charge in [-0.25, -0.2) is 4.98 Å². The average Bonchev–Trinajstić information content (AvgIpc) is 2.74. The van der Waals surface area contributed by atoms with E-state index in [4.69, 9.17) is 11.6 Å². The van der Waals surface area contributed by atoms with Crippen LogP contribution in [-0.4, -0.2) is 25.0 Å². The molecule has 20 heavy (non-hydrogen) atoms. The lowest BCUT2D eigenvalue weighted by molar-refractivity contribution is -0.115. The molecule has 0 unspecified atom stereocenters. The summed E-state index contributed by atoms with van der Waals surface area (Å²) in [6.45, 7) is 1.92. The molecule has 0 radical (unpaired) electrons. The van der Waals surface area contributed by atoms with Crippen molar-refractivity contribution < 1.29 is 4.79 Å². The Morgan fingerprint density at radius 3 is 2.75 bits per heavy atom. The second kappa shape index (κ2) is 6.24. The van der Waals surface area contributed by atoms with Crippen LogP contribution in [0.2, 0.25) is 5.02 Å². The molecule has 0 fully saturated rings. The van der Waals surface area contributed by atoms with Crippen LogP contribution < -0.4 is 10.2 Å². The molecule has 1 N–H and O–H groups in total. The van der Waals surface area contributed by atoms with Gasteiger partial charge in [0.05, 0.1) is 27.8 Å². The number of thiazole rings is 1. The molecular weight excluding hydrogens is 294 g/mol. The minimum absolute atomic E-state index is 0.0935. The fourth-order valence-corrected chi connectivity index (χ4v) is 2.77. The molecule has 1 aromatic heterocycles. The number of carbonyl (C=O) groups excluding carboxylic acids is 1. The zero-order chi connectivity index (χ0) is 14.7. The normalized spacial score (nSPS) is 10.4. The second-order valence-corrected chi connectivity index (χ2v) is 6.11. The number of nitrogens with one attached hydrogen (secondary N) is 1. The van der Waals surface area contributed by atoms with Crippen molar-refractivity contribution in [3.05, 3.63) is 39.3 Å². The molecule has 0 aliphatic rings. The first-order chi connectivity index (χ1) is 9.45. The molecular formula is C14H16ClN3OS. The van der Waals surface area contributed by atoms with E-state index in [0.29, 0.717) is 10.7 Å². The minimum Gasteiger partial charge on any atom is -0.376 e. The number of nitrogens with zero attached hydrogens (tertiary/aromatic N) is 2. The Morgan fingerprint density at radius 1 is 1.45 bits per heavy atom. The molecule has 6 heteroatoms. The van der Waals surface area contributed by atoms with Crippen molar-refractivity contribution in [2.45, 2.75) is 13.3 Å². The lowest BCUT2D eigenvalue weighted by Crippen LogP contribution is -2.15. The highest BCUT2D eigenvalue weighted by atomic mass is 35.5. The number of anilines is 2. The quantitative estimate of drug-likeness (QED) is 0.942. The van der Waals surface area contributed by atoms with Gasteiger partial charge in [0.15, 0.2) is 0 Å². The van der Waals surface area contributed by atoms with Gasteiger partial charge in [0.2, 0.25) is 5.91 Å². The summed E-state index contributed by atoms with van der Waals surface area (Å²) in [4.78, 5) is 18.1. The summed E-state index contributed by atoms with van der Waals surface area (Å²) in [6.07, 6.45) is 0.275. The molecule has 1 amide bonds. The van der Waals surface area contributed by atoms with Gasteiger partial charge < -0.3 is 10.2 Å². The van der Waals surface area contributed by atoms with E-state index in [1.807, 2.05) is 43.4 Å². The number of benzene rings is 1. The maximum atomic E-state index is 11.9. The highest BCUT2D eigenvalue weighted by Gasteiger charge is 2.09. The number of rotatable bonds is 4. The van der Waals surface area contributed by atoms with Crippen LogP contribution in [0.3, 0.4) is 0 Å². The van der Waals surface area contributed by atoms with Crippen LogP contribution in [-0.2, 0) is 11.2 Å². The van der Waals surface area contributed by atoms with E-state index in [0.717, 1.165) is 16.4 Å². The first kappa shape index (κ1) is 14.8. The van der Waals surface area contributed by atoms with Crippen molar-refractivity contribution in [3.8, 4) is 0 Å². The summed E-state index contributed by atoms with van der Waals surface area (Å²) < 4.78 is 0. The van der Waals surface area contributed by atoms with Crippen molar-refractivity contribution >= 4 is 40.2 Å². The first-order valence-corrected chi connectivity index (χ1v) is 7.39. The lowest BCUT2D eigenvalue weighted by Gasteiger charge is -2.15. The van der Waals surface area contributed by atoms with Crippen LogP contribution in [0.5, 0.6) is 0 Å². The van der Waals surface area contributed by atoms with Gasteiger partial charge in [-0.1, -0.05) is 11.6 Å². The van der Waals surface area contributed by atoms with Crippen LogP contribution >= 0.6 is 22.9 Å². The number of carbonyl (C=O) groups is 1. The molecule has 0 saturated heterocycles. The van der Waals surface area contributed by atoms with Gasteiger partial charge in [0.25, 0.3) is 0 Å². The molecule has 1 heterocycles. The Balaban J connectivity index is 2.03. The van der Waals surface area contributed by atoms with Crippen molar-refractivity contribution in [2.24, 2.45) is 0 Å². The maximum absolute atomic E-state index is 11.9. The predicted molar refractivity (Wildman–Crippen MR) is 85.0 cm³/mol. The Morgan fingerprint density at radius 2 is 2.20 bits per heavy atom. The minimum atomic E-state index is -0.0935. The maximum Gasteiger partial charge on any atom is 0.230 e. The molecule has 4 nitrogen and oxygen atoms in total. The summed E-state index contributed by atoms with van der Waals surface area (Å²) in [7, 11) is 3.84. The molecule has 0 aliphatic carbocycles. The summed E-state index contributed by atoms with van der Waals surface area (Å²) in [6, 6.07) is 5.47. The van der Waals surface area contributed by atoms with E-state index in [2.05, 4.69) is 10.3 Å². The van der Waals surface area contributed by atoms with Gasteiger partial charge in [-0.2, -0.15) is 0 Å². The molecule has 1 aromatic carbocycles. The zero-order valence-electron chi connectivity index (χ0n) is 11.6. The van der Waals surface area contributed by atoms with Gasteiger partial charge in [-0.3, -0.25) is 4.79 Å². The molecule has 0 aliphatic heterocycles. The Kier molecular flexibility index (Phi) is 4.62. The molecule has 2 rings (SSSR count). The molecule has 0 atom stereocenters. The van der Waals surface area contributed by atoms with Crippen LogP contribution in [0, 0.1) is 6.92 Å². The number of aromatic nitrogens is 1. The number of hydrogen-bond donors (Lipinski definition) is 1. The summed E-state index contributed by atoms with van der Waals surface area (Å²) in [5, 5.41) is 6.30. The second-order valence-electron chi connectivity index (χ2n) is 4.64. The third kappa shape index (κ3) is 3.71. The monoisotopic (exact) mass is 309 g/mol. The van der Waals surface area contributed by atoms with E-state index in [1.165, 1.54) is 0 Å². The standard InChI is InChI=1S/C14H16ClN3OS/c1-9-16-11(8-20-9)7-14(19)17-10-4-5-13(18(2)3)12(15)6-10/h4-6,8H,7H2,1-3H3,(H,17,19). The van der Waals surface area contributed by atoms with Gasteiger partial charge in [0, 0.05) is 25.2 Å². The molecule has 0 bridgehead atoms. The SMILES string of the molecule is Cc1nc(CC(=O)Nc2ccc(N(C)C)c(Cl)c2)cs1. The van der Waals surface area contributed by atoms with Crippen LogP contribution in [0.4, 0.5) is 11.4 Å². The van der Waals surface area contributed by atoms with E-state index in [-0.39, 0.29) is 12.3 Å². The number of amides is 1. The van der Waals surface area contributed by atoms with Gasteiger partial charge >= 0.3 is 0 Å². The Hall–Kier alpha value is -1.59. The smallest absolute Gasteiger partial charge is 0.230 e.